The zero-order valence-electron chi connectivity index (χ0n) is 12.4. The second-order valence-electron chi connectivity index (χ2n) is 5.52. The maximum absolute atomic E-state index is 4.32. The van der Waals surface area contributed by atoms with E-state index in [0.29, 0.717) is 0 Å². The van der Waals surface area contributed by atoms with E-state index in [9.17, 15) is 0 Å². The van der Waals surface area contributed by atoms with Gasteiger partial charge in [-0.3, -0.25) is 4.98 Å². The summed E-state index contributed by atoms with van der Waals surface area (Å²) in [5.74, 6) is 0.926. The van der Waals surface area contributed by atoms with E-state index in [2.05, 4.69) is 35.1 Å². The van der Waals surface area contributed by atoms with Crippen molar-refractivity contribution in [2.45, 2.75) is 46.1 Å². The van der Waals surface area contributed by atoms with Crippen molar-refractivity contribution < 1.29 is 0 Å². The summed E-state index contributed by atoms with van der Waals surface area (Å²) in [5.41, 5.74) is 2.72. The predicted molar refractivity (Wildman–Crippen MR) is 81.5 cm³/mol. The zero-order chi connectivity index (χ0) is 13.5. The molecule has 2 rings (SSSR count). The van der Waals surface area contributed by atoms with Crippen LogP contribution in [0.25, 0.3) is 0 Å². The van der Waals surface area contributed by atoms with Gasteiger partial charge in [0.2, 0.25) is 0 Å². The fourth-order valence-corrected chi connectivity index (χ4v) is 2.83. The van der Waals surface area contributed by atoms with Crippen molar-refractivity contribution in [1.29, 1.82) is 0 Å². The van der Waals surface area contributed by atoms with Crippen LogP contribution in [0.1, 0.15) is 45.1 Å². The van der Waals surface area contributed by atoms with E-state index in [0.717, 1.165) is 19.0 Å². The van der Waals surface area contributed by atoms with Crippen molar-refractivity contribution in [3.63, 3.8) is 0 Å². The number of aromatic nitrogens is 1. The molecule has 0 saturated carbocycles. The van der Waals surface area contributed by atoms with Crippen LogP contribution < -0.4 is 10.2 Å². The van der Waals surface area contributed by atoms with Crippen molar-refractivity contribution in [3.8, 4) is 0 Å². The monoisotopic (exact) mass is 261 g/mol. The number of anilines is 1. The summed E-state index contributed by atoms with van der Waals surface area (Å²) in [6.07, 6.45) is 9.11. The summed E-state index contributed by atoms with van der Waals surface area (Å²) < 4.78 is 0. The summed E-state index contributed by atoms with van der Waals surface area (Å²) in [4.78, 5) is 6.83. The van der Waals surface area contributed by atoms with E-state index in [1.807, 2.05) is 12.4 Å². The molecule has 0 atom stereocenters. The highest BCUT2D eigenvalue weighted by Gasteiger charge is 2.19. The lowest BCUT2D eigenvalue weighted by atomic mass is 9.94. The molecule has 1 aliphatic rings. The lowest BCUT2D eigenvalue weighted by Crippen LogP contribution is -2.34. The Balaban J connectivity index is 1.99. The van der Waals surface area contributed by atoms with E-state index in [-0.39, 0.29) is 0 Å². The lowest BCUT2D eigenvalue weighted by Gasteiger charge is -2.34. The Kier molecular flexibility index (Phi) is 5.64. The van der Waals surface area contributed by atoms with Gasteiger partial charge in [-0.25, -0.2) is 0 Å². The minimum atomic E-state index is 0.926. The van der Waals surface area contributed by atoms with E-state index >= 15 is 0 Å². The standard InChI is InChI=1S/C16H27N3/c1-3-8-17-12-15-5-9-18-13-16(15)19-10-6-14(4-2)7-11-19/h5,9,13-14,17H,3-4,6-8,10-12H2,1-2H3. The van der Waals surface area contributed by atoms with Crippen LogP contribution in [-0.2, 0) is 6.54 Å². The number of hydrogen-bond donors (Lipinski definition) is 1. The van der Waals surface area contributed by atoms with Gasteiger partial charge in [0.05, 0.1) is 11.9 Å². The second-order valence-corrected chi connectivity index (χ2v) is 5.52. The average Bonchev–Trinajstić information content (AvgIpc) is 2.48. The molecule has 1 aromatic rings. The second kappa shape index (κ2) is 7.49. The van der Waals surface area contributed by atoms with Crippen LogP contribution in [0.3, 0.4) is 0 Å². The highest BCUT2D eigenvalue weighted by Crippen LogP contribution is 2.26. The third kappa shape index (κ3) is 3.93. The third-order valence-corrected chi connectivity index (χ3v) is 4.16. The van der Waals surface area contributed by atoms with E-state index in [1.165, 1.54) is 50.0 Å². The van der Waals surface area contributed by atoms with Crippen LogP contribution in [0.2, 0.25) is 0 Å². The molecule has 3 heteroatoms. The number of rotatable bonds is 6. The van der Waals surface area contributed by atoms with Crippen LogP contribution in [0, 0.1) is 5.92 Å². The van der Waals surface area contributed by atoms with Gasteiger partial charge in [0.25, 0.3) is 0 Å². The molecular weight excluding hydrogens is 234 g/mol. The number of nitrogens with zero attached hydrogens (tertiary/aromatic N) is 2. The van der Waals surface area contributed by atoms with Crippen molar-refractivity contribution in [3.05, 3.63) is 24.0 Å². The molecule has 106 valence electrons. The Morgan fingerprint density at radius 2 is 2.11 bits per heavy atom. The maximum Gasteiger partial charge on any atom is 0.0598 e. The molecule has 0 amide bonds. The first-order chi connectivity index (χ1) is 9.35. The van der Waals surface area contributed by atoms with Gasteiger partial charge in [-0.05, 0) is 43.4 Å². The molecule has 0 radical (unpaired) electrons. The van der Waals surface area contributed by atoms with Crippen LogP contribution in [0.4, 0.5) is 5.69 Å². The summed E-state index contributed by atoms with van der Waals surface area (Å²) in [5, 5.41) is 3.50. The smallest absolute Gasteiger partial charge is 0.0598 e. The zero-order valence-corrected chi connectivity index (χ0v) is 12.4. The van der Waals surface area contributed by atoms with Crippen molar-refractivity contribution >= 4 is 5.69 Å². The first kappa shape index (κ1) is 14.3. The Labute approximate surface area is 117 Å². The Hall–Kier alpha value is -1.09. The van der Waals surface area contributed by atoms with Crippen LogP contribution >= 0.6 is 0 Å². The molecule has 1 aliphatic heterocycles. The molecule has 19 heavy (non-hydrogen) atoms. The molecule has 1 saturated heterocycles. The fraction of sp³-hybridized carbons (Fsp3) is 0.688. The quantitative estimate of drug-likeness (QED) is 0.797. The Morgan fingerprint density at radius 1 is 1.32 bits per heavy atom. The molecule has 1 N–H and O–H groups in total. The summed E-state index contributed by atoms with van der Waals surface area (Å²) in [6, 6.07) is 2.16. The highest BCUT2D eigenvalue weighted by molar-refractivity contribution is 5.51. The van der Waals surface area contributed by atoms with Crippen molar-refractivity contribution in [2.24, 2.45) is 5.92 Å². The summed E-state index contributed by atoms with van der Waals surface area (Å²) in [6.45, 7) is 8.93. The first-order valence-corrected chi connectivity index (χ1v) is 7.73. The van der Waals surface area contributed by atoms with E-state index in [4.69, 9.17) is 0 Å². The van der Waals surface area contributed by atoms with Gasteiger partial charge in [0.15, 0.2) is 0 Å². The van der Waals surface area contributed by atoms with Gasteiger partial charge in [0, 0.05) is 25.8 Å². The third-order valence-electron chi connectivity index (χ3n) is 4.16. The van der Waals surface area contributed by atoms with Gasteiger partial charge in [-0.1, -0.05) is 20.3 Å². The first-order valence-electron chi connectivity index (χ1n) is 7.73. The molecule has 2 heterocycles. The molecule has 1 fully saturated rings. The highest BCUT2D eigenvalue weighted by atomic mass is 15.1. The largest absolute Gasteiger partial charge is 0.370 e. The molecular formula is C16H27N3. The van der Waals surface area contributed by atoms with Gasteiger partial charge in [-0.2, -0.15) is 0 Å². The summed E-state index contributed by atoms with van der Waals surface area (Å²) >= 11 is 0. The minimum Gasteiger partial charge on any atom is -0.370 e. The molecule has 0 unspecified atom stereocenters. The van der Waals surface area contributed by atoms with Crippen molar-refractivity contribution in [1.82, 2.24) is 10.3 Å². The lowest BCUT2D eigenvalue weighted by molar-refractivity contribution is 0.394. The van der Waals surface area contributed by atoms with Gasteiger partial charge < -0.3 is 10.2 Å². The van der Waals surface area contributed by atoms with Crippen LogP contribution in [0.5, 0.6) is 0 Å². The SMILES string of the molecule is CCCNCc1ccncc1N1CCC(CC)CC1. The molecule has 0 bridgehead atoms. The topological polar surface area (TPSA) is 28.2 Å². The van der Waals surface area contributed by atoms with Gasteiger partial charge >= 0.3 is 0 Å². The molecule has 1 aromatic heterocycles. The molecule has 0 spiro atoms. The Bertz CT molecular complexity index is 370. The Morgan fingerprint density at radius 3 is 2.79 bits per heavy atom. The fourth-order valence-electron chi connectivity index (χ4n) is 2.83. The molecule has 0 aliphatic carbocycles. The maximum atomic E-state index is 4.32. The van der Waals surface area contributed by atoms with E-state index < -0.39 is 0 Å². The number of piperidine rings is 1. The predicted octanol–water partition coefficient (Wildman–Crippen LogP) is 3.21. The normalized spacial score (nSPS) is 16.8. The molecule has 0 aromatic carbocycles. The van der Waals surface area contributed by atoms with E-state index in [1.54, 1.807) is 0 Å². The van der Waals surface area contributed by atoms with Crippen molar-refractivity contribution in [2.75, 3.05) is 24.5 Å². The van der Waals surface area contributed by atoms with Gasteiger partial charge in [-0.15, -0.1) is 0 Å². The average molecular weight is 261 g/mol. The summed E-state index contributed by atoms with van der Waals surface area (Å²) in [7, 11) is 0. The number of hydrogen-bond acceptors (Lipinski definition) is 3. The molecule has 3 nitrogen and oxygen atoms in total. The number of nitrogens with one attached hydrogen (secondary N) is 1. The van der Waals surface area contributed by atoms with Crippen LogP contribution in [0.15, 0.2) is 18.5 Å². The minimum absolute atomic E-state index is 0.926. The van der Waals surface area contributed by atoms with Crippen LogP contribution in [-0.4, -0.2) is 24.6 Å². The van der Waals surface area contributed by atoms with Gasteiger partial charge in [0.1, 0.15) is 0 Å². The number of pyridine rings is 1.